The summed E-state index contributed by atoms with van der Waals surface area (Å²) in [5.74, 6) is 0.951. The Morgan fingerprint density at radius 3 is 2.47 bits per heavy atom. The maximum absolute atomic E-state index is 10.9. The Morgan fingerprint density at radius 1 is 1.37 bits per heavy atom. The number of ether oxygens (including phenoxy) is 3. The Labute approximate surface area is 113 Å². The standard InChI is InChI=1S/C14H21NO4/c1-8(19-10(3)16)6-11-9(2)14(18-5)13(17-4)7-12(11)15/h7-8H,6,15H2,1-5H3/t8-/m0/s1. The molecule has 5 nitrogen and oxygen atoms in total. The lowest BCUT2D eigenvalue weighted by Crippen LogP contribution is -2.17. The predicted molar refractivity (Wildman–Crippen MR) is 73.6 cm³/mol. The molecule has 0 heterocycles. The first-order valence-electron chi connectivity index (χ1n) is 6.07. The van der Waals surface area contributed by atoms with E-state index < -0.39 is 0 Å². The van der Waals surface area contributed by atoms with E-state index in [2.05, 4.69) is 0 Å². The molecule has 0 aliphatic rings. The number of rotatable bonds is 5. The van der Waals surface area contributed by atoms with Gasteiger partial charge in [0.15, 0.2) is 11.5 Å². The van der Waals surface area contributed by atoms with Crippen molar-refractivity contribution in [2.45, 2.75) is 33.3 Å². The first kappa shape index (κ1) is 15.1. The van der Waals surface area contributed by atoms with Gasteiger partial charge >= 0.3 is 5.97 Å². The second-order valence-corrected chi connectivity index (χ2v) is 4.43. The average molecular weight is 267 g/mol. The summed E-state index contributed by atoms with van der Waals surface area (Å²) in [4.78, 5) is 10.9. The van der Waals surface area contributed by atoms with Crippen LogP contribution in [0.3, 0.4) is 0 Å². The lowest BCUT2D eigenvalue weighted by atomic mass is 9.99. The highest BCUT2D eigenvalue weighted by Crippen LogP contribution is 2.37. The van der Waals surface area contributed by atoms with Crippen molar-refractivity contribution in [1.82, 2.24) is 0 Å². The number of carbonyl (C=O) groups excluding carboxylic acids is 1. The summed E-state index contributed by atoms with van der Waals surface area (Å²) in [5, 5.41) is 0. The van der Waals surface area contributed by atoms with Gasteiger partial charge in [0.05, 0.1) is 14.2 Å². The molecule has 0 radical (unpaired) electrons. The van der Waals surface area contributed by atoms with E-state index >= 15 is 0 Å². The Bertz CT molecular complexity index is 471. The number of esters is 1. The smallest absolute Gasteiger partial charge is 0.302 e. The second-order valence-electron chi connectivity index (χ2n) is 4.43. The third kappa shape index (κ3) is 3.53. The van der Waals surface area contributed by atoms with Crippen LogP contribution in [0.2, 0.25) is 0 Å². The van der Waals surface area contributed by atoms with Gasteiger partial charge in [0.25, 0.3) is 0 Å². The van der Waals surface area contributed by atoms with E-state index in [9.17, 15) is 4.79 Å². The van der Waals surface area contributed by atoms with Gasteiger partial charge in [-0.3, -0.25) is 4.79 Å². The molecule has 0 spiro atoms. The van der Waals surface area contributed by atoms with Crippen LogP contribution in [0.1, 0.15) is 25.0 Å². The summed E-state index contributed by atoms with van der Waals surface area (Å²) >= 11 is 0. The topological polar surface area (TPSA) is 70.8 Å². The minimum Gasteiger partial charge on any atom is -0.493 e. The number of carbonyl (C=O) groups is 1. The molecule has 5 heteroatoms. The number of anilines is 1. The molecule has 0 saturated heterocycles. The molecule has 0 aliphatic heterocycles. The molecule has 0 unspecified atom stereocenters. The second kappa shape index (κ2) is 6.31. The Hall–Kier alpha value is -1.91. The van der Waals surface area contributed by atoms with Crippen molar-refractivity contribution in [3.63, 3.8) is 0 Å². The Balaban J connectivity index is 3.10. The molecule has 1 aromatic carbocycles. The number of benzene rings is 1. The summed E-state index contributed by atoms with van der Waals surface area (Å²) in [6.45, 7) is 5.13. The van der Waals surface area contributed by atoms with Crippen molar-refractivity contribution in [3.05, 3.63) is 17.2 Å². The molecule has 19 heavy (non-hydrogen) atoms. The zero-order valence-electron chi connectivity index (χ0n) is 12.1. The molecule has 0 aliphatic carbocycles. The van der Waals surface area contributed by atoms with Crippen molar-refractivity contribution in [3.8, 4) is 11.5 Å². The fourth-order valence-corrected chi connectivity index (χ4v) is 2.12. The lowest BCUT2D eigenvalue weighted by Gasteiger charge is -2.19. The van der Waals surface area contributed by atoms with Crippen LogP contribution in [0.4, 0.5) is 5.69 Å². The molecular weight excluding hydrogens is 246 g/mol. The zero-order valence-corrected chi connectivity index (χ0v) is 12.1. The molecule has 0 amide bonds. The molecule has 0 fully saturated rings. The predicted octanol–water partition coefficient (Wildman–Crippen LogP) is 2.09. The summed E-state index contributed by atoms with van der Waals surface area (Å²) in [6.07, 6.45) is 0.300. The van der Waals surface area contributed by atoms with Crippen LogP contribution in [0.5, 0.6) is 11.5 Å². The monoisotopic (exact) mass is 267 g/mol. The number of hydrogen-bond acceptors (Lipinski definition) is 5. The molecule has 1 aromatic rings. The van der Waals surface area contributed by atoms with Gasteiger partial charge in [-0.15, -0.1) is 0 Å². The van der Waals surface area contributed by atoms with E-state index in [0.29, 0.717) is 23.6 Å². The van der Waals surface area contributed by atoms with E-state index in [1.165, 1.54) is 6.92 Å². The summed E-state index contributed by atoms with van der Waals surface area (Å²) in [6, 6.07) is 1.72. The Morgan fingerprint density at radius 2 is 2.00 bits per heavy atom. The van der Waals surface area contributed by atoms with Crippen molar-refractivity contribution in [2.75, 3.05) is 20.0 Å². The number of nitrogen functional groups attached to an aromatic ring is 1. The van der Waals surface area contributed by atoms with Gasteiger partial charge in [-0.2, -0.15) is 0 Å². The molecule has 106 valence electrons. The van der Waals surface area contributed by atoms with Gasteiger partial charge in [-0.25, -0.2) is 0 Å². The molecule has 1 atom stereocenters. The highest BCUT2D eigenvalue weighted by atomic mass is 16.5. The van der Waals surface area contributed by atoms with Crippen LogP contribution >= 0.6 is 0 Å². The summed E-state index contributed by atoms with van der Waals surface area (Å²) in [7, 11) is 3.15. The van der Waals surface area contributed by atoms with Crippen LogP contribution in [-0.4, -0.2) is 26.3 Å². The van der Waals surface area contributed by atoms with Crippen molar-refractivity contribution in [2.24, 2.45) is 0 Å². The minimum absolute atomic E-state index is 0.239. The summed E-state index contributed by atoms with van der Waals surface area (Å²) in [5.41, 5.74) is 8.44. The van der Waals surface area contributed by atoms with Gasteiger partial charge in [-0.1, -0.05) is 0 Å². The highest BCUT2D eigenvalue weighted by Gasteiger charge is 2.18. The van der Waals surface area contributed by atoms with Crippen LogP contribution in [0.15, 0.2) is 6.07 Å². The number of hydrogen-bond donors (Lipinski definition) is 1. The Kier molecular flexibility index (Phi) is 5.03. The van der Waals surface area contributed by atoms with Crippen LogP contribution in [0, 0.1) is 6.92 Å². The van der Waals surface area contributed by atoms with Gasteiger partial charge in [0, 0.05) is 30.7 Å². The van der Waals surface area contributed by atoms with Crippen LogP contribution in [-0.2, 0) is 16.0 Å². The van der Waals surface area contributed by atoms with Gasteiger partial charge in [-0.05, 0) is 19.4 Å². The van der Waals surface area contributed by atoms with Crippen molar-refractivity contribution >= 4 is 11.7 Å². The van der Waals surface area contributed by atoms with Gasteiger partial charge in [0.1, 0.15) is 6.10 Å². The largest absolute Gasteiger partial charge is 0.493 e. The van der Waals surface area contributed by atoms with E-state index in [4.69, 9.17) is 19.9 Å². The first-order valence-corrected chi connectivity index (χ1v) is 6.07. The molecule has 1 rings (SSSR count). The highest BCUT2D eigenvalue weighted by molar-refractivity contribution is 5.66. The quantitative estimate of drug-likeness (QED) is 0.653. The van der Waals surface area contributed by atoms with Crippen molar-refractivity contribution in [1.29, 1.82) is 0 Å². The number of nitrogens with two attached hydrogens (primary N) is 1. The molecule has 2 N–H and O–H groups in total. The fraction of sp³-hybridized carbons (Fsp3) is 0.500. The van der Waals surface area contributed by atoms with E-state index in [1.807, 2.05) is 13.8 Å². The van der Waals surface area contributed by atoms with Crippen LogP contribution < -0.4 is 15.2 Å². The molecule has 0 bridgehead atoms. The third-order valence-electron chi connectivity index (χ3n) is 2.93. The van der Waals surface area contributed by atoms with Crippen molar-refractivity contribution < 1.29 is 19.0 Å². The van der Waals surface area contributed by atoms with Crippen LogP contribution in [0.25, 0.3) is 0 Å². The SMILES string of the molecule is COc1cc(N)c(C[C@H](C)OC(C)=O)c(C)c1OC. The van der Waals surface area contributed by atoms with Gasteiger partial charge < -0.3 is 19.9 Å². The summed E-state index contributed by atoms with van der Waals surface area (Å²) < 4.78 is 15.7. The third-order valence-corrected chi connectivity index (χ3v) is 2.93. The normalized spacial score (nSPS) is 11.8. The van der Waals surface area contributed by atoms with Gasteiger partial charge in [0.2, 0.25) is 0 Å². The fourth-order valence-electron chi connectivity index (χ4n) is 2.12. The van der Waals surface area contributed by atoms with E-state index in [-0.39, 0.29) is 12.1 Å². The molecule has 0 aromatic heterocycles. The maximum atomic E-state index is 10.9. The average Bonchev–Trinajstić information content (AvgIpc) is 2.32. The first-order chi connectivity index (χ1) is 8.90. The number of methoxy groups -OCH3 is 2. The van der Waals surface area contributed by atoms with E-state index in [1.54, 1.807) is 20.3 Å². The van der Waals surface area contributed by atoms with E-state index in [0.717, 1.165) is 11.1 Å². The minimum atomic E-state index is -0.302. The maximum Gasteiger partial charge on any atom is 0.302 e. The zero-order chi connectivity index (χ0) is 14.6. The lowest BCUT2D eigenvalue weighted by molar-refractivity contribution is -0.145. The molecular formula is C14H21NO4. The molecule has 0 saturated carbocycles.